The van der Waals surface area contributed by atoms with Crippen molar-refractivity contribution >= 4 is 5.97 Å². The molecular formula is C20H32O5. The SMILES string of the molecule is CCCCCCCCCCC/C=C/C=C/C=C(O)/C(O)=C(/O)C(=O)O. The van der Waals surface area contributed by atoms with Crippen molar-refractivity contribution in [1.29, 1.82) is 0 Å². The van der Waals surface area contributed by atoms with Gasteiger partial charge in [-0.25, -0.2) is 4.79 Å². The molecule has 0 saturated heterocycles. The van der Waals surface area contributed by atoms with Gasteiger partial charge in [-0.2, -0.15) is 0 Å². The Kier molecular flexibility index (Phi) is 14.0. The number of carboxylic acid groups (broad SMARTS) is 1. The average Bonchev–Trinajstić information content (AvgIpc) is 2.60. The fraction of sp³-hybridized carbons (Fsp3) is 0.550. The lowest BCUT2D eigenvalue weighted by molar-refractivity contribution is -0.135. The predicted octanol–water partition coefficient (Wildman–Crippen LogP) is 5.87. The summed E-state index contributed by atoms with van der Waals surface area (Å²) in [4.78, 5) is 10.4. The van der Waals surface area contributed by atoms with Crippen molar-refractivity contribution in [2.45, 2.75) is 71.1 Å². The molecule has 0 heterocycles. The summed E-state index contributed by atoms with van der Waals surface area (Å²) in [7, 11) is 0. The van der Waals surface area contributed by atoms with Crippen LogP contribution in [0.1, 0.15) is 71.1 Å². The molecule has 142 valence electrons. The zero-order chi connectivity index (χ0) is 18.9. The molecule has 0 aromatic carbocycles. The molecule has 0 unspecified atom stereocenters. The van der Waals surface area contributed by atoms with Crippen LogP contribution in [-0.4, -0.2) is 26.4 Å². The van der Waals surface area contributed by atoms with Crippen LogP contribution in [0.4, 0.5) is 0 Å². The van der Waals surface area contributed by atoms with Crippen LogP contribution >= 0.6 is 0 Å². The summed E-state index contributed by atoms with van der Waals surface area (Å²) in [5.74, 6) is -4.76. The molecule has 0 atom stereocenters. The third-order valence-electron chi connectivity index (χ3n) is 3.76. The van der Waals surface area contributed by atoms with Crippen molar-refractivity contribution in [3.05, 3.63) is 47.7 Å². The highest BCUT2D eigenvalue weighted by atomic mass is 16.4. The number of allylic oxidation sites excluding steroid dienone is 5. The Bertz CT molecular complexity index is 486. The van der Waals surface area contributed by atoms with Gasteiger partial charge in [-0.1, -0.05) is 82.6 Å². The van der Waals surface area contributed by atoms with Gasteiger partial charge in [0.1, 0.15) is 0 Å². The van der Waals surface area contributed by atoms with E-state index in [4.69, 9.17) is 10.2 Å². The molecule has 5 nitrogen and oxygen atoms in total. The molecule has 0 aliphatic rings. The van der Waals surface area contributed by atoms with Crippen molar-refractivity contribution in [2.24, 2.45) is 0 Å². The summed E-state index contributed by atoms with van der Waals surface area (Å²) >= 11 is 0. The van der Waals surface area contributed by atoms with Gasteiger partial charge in [-0.3, -0.25) is 0 Å². The molecule has 4 N–H and O–H groups in total. The monoisotopic (exact) mass is 352 g/mol. The Labute approximate surface area is 150 Å². The van der Waals surface area contributed by atoms with E-state index in [1.807, 2.05) is 12.2 Å². The highest BCUT2D eigenvalue weighted by molar-refractivity contribution is 5.84. The van der Waals surface area contributed by atoms with Crippen LogP contribution in [0.25, 0.3) is 0 Å². The number of hydrogen-bond donors (Lipinski definition) is 4. The second-order valence-corrected chi connectivity index (χ2v) is 5.98. The van der Waals surface area contributed by atoms with E-state index in [1.54, 1.807) is 6.08 Å². The number of unbranched alkanes of at least 4 members (excludes halogenated alkanes) is 9. The lowest BCUT2D eigenvalue weighted by atomic mass is 10.1. The summed E-state index contributed by atoms with van der Waals surface area (Å²) in [6.07, 6.45) is 20.7. The maximum Gasteiger partial charge on any atom is 0.375 e. The van der Waals surface area contributed by atoms with E-state index in [0.717, 1.165) is 18.9 Å². The minimum Gasteiger partial charge on any atom is -0.504 e. The van der Waals surface area contributed by atoms with Gasteiger partial charge in [-0.05, 0) is 18.9 Å². The minimum absolute atomic E-state index is 0.705. The molecule has 0 amide bonds. The first-order valence-corrected chi connectivity index (χ1v) is 9.09. The van der Waals surface area contributed by atoms with Crippen molar-refractivity contribution < 1.29 is 25.2 Å². The second-order valence-electron chi connectivity index (χ2n) is 5.98. The Morgan fingerprint density at radius 2 is 1.28 bits per heavy atom. The van der Waals surface area contributed by atoms with Crippen LogP contribution in [0, 0.1) is 0 Å². The van der Waals surface area contributed by atoms with Crippen molar-refractivity contribution in [3.63, 3.8) is 0 Å². The lowest BCUT2D eigenvalue weighted by Gasteiger charge is -2.00. The molecule has 0 aliphatic heterocycles. The molecule has 0 bridgehead atoms. The minimum atomic E-state index is -1.71. The predicted molar refractivity (Wildman–Crippen MR) is 101 cm³/mol. The third-order valence-corrected chi connectivity index (χ3v) is 3.76. The zero-order valence-electron chi connectivity index (χ0n) is 15.2. The van der Waals surface area contributed by atoms with E-state index < -0.39 is 23.2 Å². The Morgan fingerprint density at radius 3 is 1.84 bits per heavy atom. The van der Waals surface area contributed by atoms with Gasteiger partial charge >= 0.3 is 5.97 Å². The topological polar surface area (TPSA) is 98.0 Å². The van der Waals surface area contributed by atoms with E-state index >= 15 is 0 Å². The van der Waals surface area contributed by atoms with Crippen LogP contribution in [0.15, 0.2) is 47.7 Å². The van der Waals surface area contributed by atoms with Crippen LogP contribution in [0.5, 0.6) is 0 Å². The first-order chi connectivity index (χ1) is 12.0. The number of aliphatic carboxylic acids is 1. The first-order valence-electron chi connectivity index (χ1n) is 9.09. The summed E-state index contributed by atoms with van der Waals surface area (Å²) in [5, 5.41) is 36.1. The molecule has 0 fully saturated rings. The number of aliphatic hydroxyl groups is 3. The zero-order valence-corrected chi connectivity index (χ0v) is 15.2. The standard InChI is InChI=1S/C20H32O5/c1-2-3-4-5-6-7-8-9-10-11-12-13-14-15-16-17(21)18(22)19(23)20(24)25/h12-16,21-23H,2-11H2,1H3,(H,24,25)/b13-12+,15-14+,17-16-,19-18-. The highest BCUT2D eigenvalue weighted by Gasteiger charge is 2.14. The first kappa shape index (κ1) is 22.8. The van der Waals surface area contributed by atoms with E-state index in [1.165, 1.54) is 57.4 Å². The van der Waals surface area contributed by atoms with Crippen LogP contribution in [-0.2, 0) is 4.79 Å². The maximum absolute atomic E-state index is 10.4. The van der Waals surface area contributed by atoms with E-state index in [2.05, 4.69) is 6.92 Å². The van der Waals surface area contributed by atoms with Gasteiger partial charge in [0.25, 0.3) is 0 Å². The van der Waals surface area contributed by atoms with E-state index in [9.17, 15) is 15.0 Å². The number of rotatable bonds is 14. The molecule has 0 aromatic heterocycles. The molecular weight excluding hydrogens is 320 g/mol. The number of hydrogen-bond acceptors (Lipinski definition) is 4. The largest absolute Gasteiger partial charge is 0.504 e. The molecule has 25 heavy (non-hydrogen) atoms. The second kappa shape index (κ2) is 15.4. The summed E-state index contributed by atoms with van der Waals surface area (Å²) in [6, 6.07) is 0. The molecule has 0 aromatic rings. The van der Waals surface area contributed by atoms with Crippen molar-refractivity contribution in [3.8, 4) is 0 Å². The molecule has 0 rings (SSSR count). The smallest absolute Gasteiger partial charge is 0.375 e. The van der Waals surface area contributed by atoms with Crippen LogP contribution in [0.2, 0.25) is 0 Å². The quantitative estimate of drug-likeness (QED) is 0.136. The van der Waals surface area contributed by atoms with Gasteiger partial charge in [0.15, 0.2) is 5.76 Å². The fourth-order valence-electron chi connectivity index (χ4n) is 2.26. The number of aliphatic hydroxyl groups excluding tert-OH is 3. The lowest BCUT2D eigenvalue weighted by Crippen LogP contribution is -2.05. The van der Waals surface area contributed by atoms with Gasteiger partial charge in [0.2, 0.25) is 11.5 Å². The van der Waals surface area contributed by atoms with Crippen LogP contribution < -0.4 is 0 Å². The molecule has 5 heteroatoms. The van der Waals surface area contributed by atoms with Gasteiger partial charge in [-0.15, -0.1) is 0 Å². The van der Waals surface area contributed by atoms with E-state index in [-0.39, 0.29) is 0 Å². The highest BCUT2D eigenvalue weighted by Crippen LogP contribution is 2.11. The molecule has 0 saturated carbocycles. The molecule has 0 radical (unpaired) electrons. The number of carbonyl (C=O) groups is 1. The van der Waals surface area contributed by atoms with E-state index in [0.29, 0.717) is 0 Å². The molecule has 0 aliphatic carbocycles. The summed E-state index contributed by atoms with van der Waals surface area (Å²) in [6.45, 7) is 2.23. The fourth-order valence-corrected chi connectivity index (χ4v) is 2.26. The van der Waals surface area contributed by atoms with Crippen LogP contribution in [0.3, 0.4) is 0 Å². The van der Waals surface area contributed by atoms with Crippen molar-refractivity contribution in [2.75, 3.05) is 0 Å². The summed E-state index contributed by atoms with van der Waals surface area (Å²) in [5.41, 5.74) is 0. The average molecular weight is 352 g/mol. The maximum atomic E-state index is 10.4. The third kappa shape index (κ3) is 12.9. The Balaban J connectivity index is 3.81. The Hall–Kier alpha value is -2.17. The van der Waals surface area contributed by atoms with Gasteiger partial charge < -0.3 is 20.4 Å². The van der Waals surface area contributed by atoms with Gasteiger partial charge in [0, 0.05) is 0 Å². The number of carboxylic acids is 1. The van der Waals surface area contributed by atoms with Crippen molar-refractivity contribution in [1.82, 2.24) is 0 Å². The summed E-state index contributed by atoms with van der Waals surface area (Å²) < 4.78 is 0. The van der Waals surface area contributed by atoms with Gasteiger partial charge in [0.05, 0.1) is 0 Å². The normalized spacial score (nSPS) is 13.6. The Morgan fingerprint density at radius 1 is 0.720 bits per heavy atom. The molecule has 0 spiro atoms.